The van der Waals surface area contributed by atoms with Gasteiger partial charge in [-0.3, -0.25) is 10.2 Å². The highest BCUT2D eigenvalue weighted by molar-refractivity contribution is 5.72. The van der Waals surface area contributed by atoms with Gasteiger partial charge in [-0.2, -0.15) is 0 Å². The van der Waals surface area contributed by atoms with Crippen LogP contribution >= 0.6 is 0 Å². The van der Waals surface area contributed by atoms with Crippen molar-refractivity contribution in [2.75, 3.05) is 13.1 Å². The Bertz CT molecular complexity index is 207. The van der Waals surface area contributed by atoms with Gasteiger partial charge in [-0.05, 0) is 27.7 Å². The summed E-state index contributed by atoms with van der Waals surface area (Å²) in [7, 11) is 0. The van der Waals surface area contributed by atoms with Crippen molar-refractivity contribution in [1.82, 2.24) is 15.8 Å². The zero-order chi connectivity index (χ0) is 12.7. The van der Waals surface area contributed by atoms with Gasteiger partial charge in [0.1, 0.15) is 0 Å². The van der Waals surface area contributed by atoms with Crippen LogP contribution in [0.15, 0.2) is 0 Å². The third-order valence-electron chi connectivity index (χ3n) is 2.04. The molecule has 0 saturated heterocycles. The van der Waals surface area contributed by atoms with Crippen LogP contribution in [0.3, 0.4) is 0 Å². The predicted octanol–water partition coefficient (Wildman–Crippen LogP) is 0.107. The summed E-state index contributed by atoms with van der Waals surface area (Å²) in [6, 6.07) is 0.629. The predicted molar refractivity (Wildman–Crippen MR) is 64.8 cm³/mol. The molecule has 0 radical (unpaired) electrons. The van der Waals surface area contributed by atoms with Crippen molar-refractivity contribution in [2.24, 2.45) is 0 Å². The summed E-state index contributed by atoms with van der Waals surface area (Å²) in [4.78, 5) is 10.7. The largest absolute Gasteiger partial charge is 0.390 e. The van der Waals surface area contributed by atoms with E-state index in [-0.39, 0.29) is 5.91 Å². The van der Waals surface area contributed by atoms with Gasteiger partial charge in [-0.15, -0.1) is 0 Å². The molecule has 0 aliphatic rings. The molecular formula is C11H25N3O2. The van der Waals surface area contributed by atoms with Gasteiger partial charge in [0.2, 0.25) is 5.91 Å². The number of carbonyl (C=O) groups is 1. The molecule has 0 aromatic carbocycles. The average Bonchev–Trinajstić information content (AvgIpc) is 2.12. The third-order valence-corrected chi connectivity index (χ3v) is 2.04. The van der Waals surface area contributed by atoms with E-state index in [4.69, 9.17) is 0 Å². The van der Waals surface area contributed by atoms with Gasteiger partial charge >= 0.3 is 0 Å². The van der Waals surface area contributed by atoms with Gasteiger partial charge < -0.3 is 10.4 Å². The maximum Gasteiger partial charge on any atom is 0.216 e. The molecule has 0 heterocycles. The Morgan fingerprint density at radius 2 is 1.88 bits per heavy atom. The zero-order valence-electron chi connectivity index (χ0n) is 10.9. The summed E-state index contributed by atoms with van der Waals surface area (Å²) >= 11 is 0. The van der Waals surface area contributed by atoms with Crippen LogP contribution in [0.25, 0.3) is 0 Å². The molecular weight excluding hydrogens is 206 g/mol. The minimum Gasteiger partial charge on any atom is -0.390 e. The Labute approximate surface area is 98.2 Å². The van der Waals surface area contributed by atoms with Gasteiger partial charge in [0.05, 0.1) is 6.10 Å². The van der Waals surface area contributed by atoms with Crippen molar-refractivity contribution in [3.63, 3.8) is 0 Å². The van der Waals surface area contributed by atoms with Crippen LogP contribution in [0, 0.1) is 0 Å². The second-order valence-corrected chi connectivity index (χ2v) is 4.62. The first-order valence-corrected chi connectivity index (χ1v) is 5.78. The minimum absolute atomic E-state index is 0.119. The van der Waals surface area contributed by atoms with Crippen molar-refractivity contribution >= 4 is 5.91 Å². The molecule has 1 atom stereocenters. The Morgan fingerprint density at radius 1 is 1.31 bits per heavy atom. The van der Waals surface area contributed by atoms with E-state index in [0.29, 0.717) is 25.2 Å². The van der Waals surface area contributed by atoms with E-state index in [2.05, 4.69) is 38.4 Å². The highest BCUT2D eigenvalue weighted by Gasteiger charge is 2.15. The normalized spacial score (nSPS) is 13.6. The number of hydrogen-bond acceptors (Lipinski definition) is 4. The van der Waals surface area contributed by atoms with Crippen LogP contribution in [0.2, 0.25) is 0 Å². The number of carbonyl (C=O) groups excluding carboxylic acids is 1. The number of amides is 1. The Balaban J connectivity index is 4.02. The highest BCUT2D eigenvalue weighted by atomic mass is 16.3. The SMILES string of the molecule is CC(=O)NCC(O)CN(NC(C)C)C(C)C. The molecule has 0 spiro atoms. The summed E-state index contributed by atoms with van der Waals surface area (Å²) in [5, 5.41) is 14.3. The third kappa shape index (κ3) is 7.62. The van der Waals surface area contributed by atoms with Gasteiger partial charge in [-0.25, -0.2) is 5.01 Å². The summed E-state index contributed by atoms with van der Waals surface area (Å²) in [5.74, 6) is -0.119. The van der Waals surface area contributed by atoms with E-state index in [9.17, 15) is 9.90 Å². The standard InChI is InChI=1S/C11H25N3O2/c1-8(2)13-14(9(3)4)7-11(16)6-12-10(5)15/h8-9,11,13,16H,6-7H2,1-5H3,(H,12,15). The smallest absolute Gasteiger partial charge is 0.216 e. The maximum atomic E-state index is 10.7. The van der Waals surface area contributed by atoms with Gasteiger partial charge in [-0.1, -0.05) is 0 Å². The molecule has 1 unspecified atom stereocenters. The number of nitrogens with one attached hydrogen (secondary N) is 2. The minimum atomic E-state index is -0.558. The van der Waals surface area contributed by atoms with Crippen LogP contribution in [0.1, 0.15) is 34.6 Å². The summed E-state index contributed by atoms with van der Waals surface area (Å²) in [6.07, 6.45) is -0.558. The van der Waals surface area contributed by atoms with Crippen molar-refractivity contribution in [3.05, 3.63) is 0 Å². The molecule has 0 aliphatic carbocycles. The molecule has 0 fully saturated rings. The first-order chi connectivity index (χ1) is 7.32. The monoisotopic (exact) mass is 231 g/mol. The van der Waals surface area contributed by atoms with Gasteiger partial charge in [0, 0.05) is 32.1 Å². The van der Waals surface area contributed by atoms with E-state index in [1.54, 1.807) is 0 Å². The lowest BCUT2D eigenvalue weighted by Gasteiger charge is -2.31. The van der Waals surface area contributed by atoms with E-state index >= 15 is 0 Å². The van der Waals surface area contributed by atoms with E-state index in [0.717, 1.165) is 0 Å². The fourth-order valence-corrected chi connectivity index (χ4v) is 1.30. The Kier molecular flexibility index (Phi) is 7.29. The molecule has 1 amide bonds. The number of rotatable bonds is 7. The molecule has 16 heavy (non-hydrogen) atoms. The van der Waals surface area contributed by atoms with Crippen LogP contribution in [-0.4, -0.2) is 47.3 Å². The van der Waals surface area contributed by atoms with Crippen molar-refractivity contribution in [1.29, 1.82) is 0 Å². The molecule has 0 aromatic heterocycles. The fourth-order valence-electron chi connectivity index (χ4n) is 1.30. The van der Waals surface area contributed by atoms with Crippen molar-refractivity contribution in [3.8, 4) is 0 Å². The Morgan fingerprint density at radius 3 is 2.25 bits per heavy atom. The molecule has 5 heteroatoms. The molecule has 0 saturated carbocycles. The van der Waals surface area contributed by atoms with E-state index in [1.165, 1.54) is 6.92 Å². The zero-order valence-corrected chi connectivity index (χ0v) is 10.9. The number of aliphatic hydroxyl groups excluding tert-OH is 1. The Hall–Kier alpha value is -0.650. The molecule has 96 valence electrons. The average molecular weight is 231 g/mol. The lowest BCUT2D eigenvalue weighted by molar-refractivity contribution is -0.119. The van der Waals surface area contributed by atoms with Gasteiger partial charge in [0.25, 0.3) is 0 Å². The van der Waals surface area contributed by atoms with E-state index in [1.807, 2.05) is 5.01 Å². The fraction of sp³-hybridized carbons (Fsp3) is 0.909. The lowest BCUT2D eigenvalue weighted by atomic mass is 10.3. The molecule has 0 aromatic rings. The van der Waals surface area contributed by atoms with Crippen LogP contribution < -0.4 is 10.7 Å². The summed E-state index contributed by atoms with van der Waals surface area (Å²) < 4.78 is 0. The second kappa shape index (κ2) is 7.60. The molecule has 5 nitrogen and oxygen atoms in total. The van der Waals surface area contributed by atoms with Crippen molar-refractivity contribution in [2.45, 2.75) is 52.8 Å². The molecule has 3 N–H and O–H groups in total. The first kappa shape index (κ1) is 15.3. The van der Waals surface area contributed by atoms with Gasteiger partial charge in [0.15, 0.2) is 0 Å². The van der Waals surface area contributed by atoms with Crippen LogP contribution in [-0.2, 0) is 4.79 Å². The topological polar surface area (TPSA) is 64.6 Å². The van der Waals surface area contributed by atoms with Crippen LogP contribution in [0.4, 0.5) is 0 Å². The van der Waals surface area contributed by atoms with Crippen LogP contribution in [0.5, 0.6) is 0 Å². The van der Waals surface area contributed by atoms with Crippen molar-refractivity contribution < 1.29 is 9.90 Å². The molecule has 0 aliphatic heterocycles. The van der Waals surface area contributed by atoms with E-state index < -0.39 is 6.10 Å². The first-order valence-electron chi connectivity index (χ1n) is 5.78. The quantitative estimate of drug-likeness (QED) is 0.544. The molecule has 0 rings (SSSR count). The summed E-state index contributed by atoms with van der Waals surface area (Å²) in [5.41, 5.74) is 3.26. The highest BCUT2D eigenvalue weighted by Crippen LogP contribution is 1.97. The maximum absolute atomic E-state index is 10.7. The summed E-state index contributed by atoms with van der Waals surface area (Å²) in [6.45, 7) is 10.4. The number of hydrogen-bond donors (Lipinski definition) is 3. The number of nitrogens with zero attached hydrogens (tertiary/aromatic N) is 1. The lowest BCUT2D eigenvalue weighted by Crippen LogP contribution is -2.51. The molecule has 0 bridgehead atoms. The number of hydrazine groups is 1. The number of aliphatic hydroxyl groups is 1. The second-order valence-electron chi connectivity index (χ2n) is 4.62.